The standard InChI is InChI=1S/C22H22F2N6OS/c1-12(13(2)25)16-17-18(32-19(16)26)20(29-11-28-17)27-9-14-3-5-15(6-4-14)21(31)30-8-7-22(23,24)10-30/h3-6,11,25-26H,7-10H2,1-2H3,(H,27,28,29)/b16-12-,25-13?,26-19?. The average molecular weight is 457 g/mol. The summed E-state index contributed by atoms with van der Waals surface area (Å²) in [6.07, 6.45) is 1.13. The summed E-state index contributed by atoms with van der Waals surface area (Å²) in [5.74, 6) is -2.60. The molecule has 32 heavy (non-hydrogen) atoms. The van der Waals surface area contributed by atoms with Crippen LogP contribution in [0.3, 0.4) is 0 Å². The molecule has 0 radical (unpaired) electrons. The Morgan fingerprint density at radius 1 is 1.25 bits per heavy atom. The summed E-state index contributed by atoms with van der Waals surface area (Å²) in [6.45, 7) is 3.45. The molecule has 2 aliphatic rings. The molecule has 0 unspecified atom stereocenters. The predicted molar refractivity (Wildman–Crippen MR) is 121 cm³/mol. The summed E-state index contributed by atoms with van der Waals surface area (Å²) in [5.41, 5.74) is 3.66. The summed E-state index contributed by atoms with van der Waals surface area (Å²) >= 11 is 1.26. The van der Waals surface area contributed by atoms with Gasteiger partial charge in [0.2, 0.25) is 0 Å². The quantitative estimate of drug-likeness (QED) is 0.576. The molecule has 0 bridgehead atoms. The van der Waals surface area contributed by atoms with Gasteiger partial charge in [-0.15, -0.1) is 0 Å². The van der Waals surface area contributed by atoms with Gasteiger partial charge in [0.25, 0.3) is 11.8 Å². The maximum absolute atomic E-state index is 13.4. The number of likely N-dealkylation sites (tertiary alicyclic amines) is 1. The lowest BCUT2D eigenvalue weighted by Gasteiger charge is -2.16. The number of thioether (sulfide) groups is 1. The molecule has 7 nitrogen and oxygen atoms in total. The number of rotatable bonds is 5. The molecule has 2 aliphatic heterocycles. The van der Waals surface area contributed by atoms with Crippen molar-refractivity contribution in [1.29, 1.82) is 10.8 Å². The summed E-state index contributed by atoms with van der Waals surface area (Å²) in [7, 11) is 0. The van der Waals surface area contributed by atoms with Crippen molar-refractivity contribution in [2.45, 2.75) is 37.6 Å². The van der Waals surface area contributed by atoms with E-state index in [4.69, 9.17) is 10.8 Å². The van der Waals surface area contributed by atoms with Crippen LogP contribution in [-0.4, -0.2) is 50.5 Å². The Morgan fingerprint density at radius 3 is 2.59 bits per heavy atom. The number of hydrogen-bond acceptors (Lipinski definition) is 7. The van der Waals surface area contributed by atoms with Gasteiger partial charge in [0.05, 0.1) is 17.1 Å². The zero-order valence-electron chi connectivity index (χ0n) is 17.6. The lowest BCUT2D eigenvalue weighted by molar-refractivity contribution is 0.0120. The van der Waals surface area contributed by atoms with Gasteiger partial charge in [-0.05, 0) is 37.1 Å². The highest BCUT2D eigenvalue weighted by atomic mass is 32.2. The average Bonchev–Trinajstić information content (AvgIpc) is 3.30. The van der Waals surface area contributed by atoms with E-state index in [-0.39, 0.29) is 18.9 Å². The number of fused-ring (bicyclic) bond motifs is 1. The summed E-state index contributed by atoms with van der Waals surface area (Å²) < 4.78 is 26.8. The van der Waals surface area contributed by atoms with Gasteiger partial charge < -0.3 is 15.6 Å². The third-order valence-corrected chi connectivity index (χ3v) is 6.53. The molecule has 2 aromatic rings. The van der Waals surface area contributed by atoms with E-state index in [1.807, 2.05) is 6.92 Å². The molecule has 1 aromatic heterocycles. The smallest absolute Gasteiger partial charge is 0.267 e. The van der Waals surface area contributed by atoms with Crippen LogP contribution in [0.5, 0.6) is 0 Å². The molecule has 1 amide bonds. The maximum Gasteiger partial charge on any atom is 0.267 e. The number of anilines is 1. The minimum Gasteiger partial charge on any atom is -0.365 e. The van der Waals surface area contributed by atoms with Crippen LogP contribution in [0.25, 0.3) is 5.57 Å². The van der Waals surface area contributed by atoms with Gasteiger partial charge in [-0.3, -0.25) is 10.2 Å². The third-order valence-electron chi connectivity index (χ3n) is 5.53. The molecule has 3 heterocycles. The molecule has 0 aliphatic carbocycles. The number of halogens is 2. The number of benzene rings is 1. The van der Waals surface area contributed by atoms with Crippen LogP contribution in [0.2, 0.25) is 0 Å². The molecular formula is C22H22F2N6OS. The number of nitrogens with one attached hydrogen (secondary N) is 3. The first-order chi connectivity index (χ1) is 15.2. The number of carbonyl (C=O) groups is 1. The molecule has 3 N–H and O–H groups in total. The monoisotopic (exact) mass is 456 g/mol. The van der Waals surface area contributed by atoms with E-state index in [1.54, 1.807) is 31.2 Å². The molecule has 0 saturated carbocycles. The zero-order valence-corrected chi connectivity index (χ0v) is 18.4. The number of amides is 1. The molecule has 166 valence electrons. The Bertz CT molecular complexity index is 1150. The van der Waals surface area contributed by atoms with Crippen molar-refractivity contribution in [3.63, 3.8) is 0 Å². The van der Waals surface area contributed by atoms with Crippen LogP contribution in [0, 0.1) is 10.8 Å². The van der Waals surface area contributed by atoms with Crippen LogP contribution < -0.4 is 5.32 Å². The lowest BCUT2D eigenvalue weighted by atomic mass is 10.0. The van der Waals surface area contributed by atoms with Crippen molar-refractivity contribution in [3.05, 3.63) is 53.0 Å². The van der Waals surface area contributed by atoms with Crippen molar-refractivity contribution in [3.8, 4) is 0 Å². The second-order valence-corrected chi connectivity index (χ2v) is 8.86. The van der Waals surface area contributed by atoms with Gasteiger partial charge in [-0.2, -0.15) is 0 Å². The fourth-order valence-corrected chi connectivity index (χ4v) is 4.64. The normalized spacial score (nSPS) is 18.5. The predicted octanol–water partition coefficient (Wildman–Crippen LogP) is 4.47. The van der Waals surface area contributed by atoms with Gasteiger partial charge in [0, 0.05) is 36.4 Å². The lowest BCUT2D eigenvalue weighted by Crippen LogP contribution is -2.31. The molecule has 0 atom stereocenters. The highest BCUT2D eigenvalue weighted by Crippen LogP contribution is 2.44. The van der Waals surface area contributed by atoms with Crippen LogP contribution in [-0.2, 0) is 6.54 Å². The first-order valence-corrected chi connectivity index (χ1v) is 10.9. The van der Waals surface area contributed by atoms with E-state index in [0.29, 0.717) is 45.5 Å². The molecule has 1 fully saturated rings. The fourth-order valence-electron chi connectivity index (χ4n) is 3.61. The highest BCUT2D eigenvalue weighted by molar-refractivity contribution is 8.15. The van der Waals surface area contributed by atoms with E-state index in [0.717, 1.165) is 10.5 Å². The number of allylic oxidation sites excluding steroid dienone is 1. The molecule has 4 rings (SSSR count). The zero-order chi connectivity index (χ0) is 23.0. The van der Waals surface area contributed by atoms with E-state index in [9.17, 15) is 13.6 Å². The second kappa shape index (κ2) is 8.42. The van der Waals surface area contributed by atoms with Gasteiger partial charge in [0.1, 0.15) is 17.2 Å². The van der Waals surface area contributed by atoms with Crippen molar-refractivity contribution in [2.75, 3.05) is 18.4 Å². The Kier molecular flexibility index (Phi) is 5.81. The topological polar surface area (TPSA) is 106 Å². The highest BCUT2D eigenvalue weighted by Gasteiger charge is 2.40. The summed E-state index contributed by atoms with van der Waals surface area (Å²) in [6, 6.07) is 6.83. The minimum absolute atomic E-state index is 0.0635. The Hall–Kier alpha value is -3.14. The molecule has 1 saturated heterocycles. The molecule has 1 aromatic carbocycles. The molecular weight excluding hydrogens is 434 g/mol. The second-order valence-electron chi connectivity index (χ2n) is 7.84. The Labute approximate surface area is 188 Å². The maximum atomic E-state index is 13.4. The van der Waals surface area contributed by atoms with Crippen molar-refractivity contribution in [2.24, 2.45) is 0 Å². The van der Waals surface area contributed by atoms with Crippen LogP contribution in [0.15, 0.2) is 41.1 Å². The van der Waals surface area contributed by atoms with Gasteiger partial charge >= 0.3 is 0 Å². The first-order valence-electron chi connectivity index (χ1n) is 10.0. The minimum atomic E-state index is -2.81. The molecule has 10 heteroatoms. The van der Waals surface area contributed by atoms with E-state index in [1.165, 1.54) is 23.0 Å². The van der Waals surface area contributed by atoms with Crippen molar-refractivity contribution >= 4 is 39.8 Å². The van der Waals surface area contributed by atoms with Crippen molar-refractivity contribution in [1.82, 2.24) is 14.9 Å². The van der Waals surface area contributed by atoms with Gasteiger partial charge in [0.15, 0.2) is 0 Å². The summed E-state index contributed by atoms with van der Waals surface area (Å²) in [4.78, 5) is 23.0. The number of nitrogens with zero attached hydrogens (tertiary/aromatic N) is 3. The number of alkyl halides is 2. The SMILES string of the molecule is CC(=N)/C(C)=C1\C(=N)Sc2c(NCc3ccc(C(=O)N4CCC(F)(F)C4)cc3)ncnc21. The number of carbonyl (C=O) groups excluding carboxylic acids is 1. The van der Waals surface area contributed by atoms with Crippen molar-refractivity contribution < 1.29 is 13.6 Å². The fraction of sp³-hybridized carbons (Fsp3) is 0.318. The Morgan fingerprint density at radius 2 is 1.97 bits per heavy atom. The van der Waals surface area contributed by atoms with E-state index >= 15 is 0 Å². The third kappa shape index (κ3) is 4.27. The van der Waals surface area contributed by atoms with Gasteiger partial charge in [-0.25, -0.2) is 18.7 Å². The van der Waals surface area contributed by atoms with Crippen LogP contribution in [0.4, 0.5) is 14.6 Å². The van der Waals surface area contributed by atoms with E-state index in [2.05, 4.69) is 15.3 Å². The van der Waals surface area contributed by atoms with E-state index < -0.39 is 12.5 Å². The van der Waals surface area contributed by atoms with Crippen LogP contribution in [0.1, 0.15) is 41.9 Å². The number of aromatic nitrogens is 2. The van der Waals surface area contributed by atoms with Gasteiger partial charge in [-0.1, -0.05) is 23.9 Å². The Balaban J connectivity index is 1.47. The first kappa shape index (κ1) is 22.1. The molecule has 0 spiro atoms. The largest absolute Gasteiger partial charge is 0.365 e. The number of hydrogen-bond donors (Lipinski definition) is 3. The summed E-state index contributed by atoms with van der Waals surface area (Å²) in [5, 5.41) is 19.8. The van der Waals surface area contributed by atoms with Crippen LogP contribution >= 0.6 is 11.8 Å².